The maximum atomic E-state index is 11.7. The molecule has 0 spiro atoms. The van der Waals surface area contributed by atoms with Gasteiger partial charge in [0.2, 0.25) is 11.5 Å². The van der Waals surface area contributed by atoms with E-state index < -0.39 is 11.9 Å². The third kappa shape index (κ3) is 4.04. The van der Waals surface area contributed by atoms with Crippen LogP contribution in [-0.4, -0.2) is 28.9 Å². The fourth-order valence-electron chi connectivity index (χ4n) is 1.31. The van der Waals surface area contributed by atoms with Gasteiger partial charge in [-0.15, -0.1) is 0 Å². The van der Waals surface area contributed by atoms with Crippen LogP contribution >= 0.6 is 0 Å². The van der Waals surface area contributed by atoms with Crippen LogP contribution in [0.15, 0.2) is 23.1 Å². The van der Waals surface area contributed by atoms with E-state index in [1.165, 1.54) is 18.3 Å². The quantitative estimate of drug-likeness (QED) is 0.704. The van der Waals surface area contributed by atoms with Gasteiger partial charge in [-0.3, -0.25) is 14.4 Å². The number of carbonyl (C=O) groups excluding carboxylic acids is 2. The maximum absolute atomic E-state index is 11.7. The third-order valence-electron chi connectivity index (χ3n) is 2.22. The number of amides is 2. The van der Waals surface area contributed by atoms with Gasteiger partial charge in [0, 0.05) is 18.3 Å². The summed E-state index contributed by atoms with van der Waals surface area (Å²) >= 11 is 0. The summed E-state index contributed by atoms with van der Waals surface area (Å²) in [5.41, 5.74) is 0.0240. The molecule has 6 heteroatoms. The van der Waals surface area contributed by atoms with Crippen molar-refractivity contribution in [1.82, 2.24) is 15.6 Å². The Morgan fingerprint density at radius 3 is 2.33 bits per heavy atom. The predicted molar refractivity (Wildman–Crippen MR) is 67.3 cm³/mol. The highest BCUT2D eigenvalue weighted by atomic mass is 16.2. The molecular formula is C12H17N3O3. The smallest absolute Gasteiger partial charge is 0.253 e. The Kier molecular flexibility index (Phi) is 4.65. The zero-order valence-corrected chi connectivity index (χ0v) is 10.6. The van der Waals surface area contributed by atoms with E-state index in [0.717, 1.165) is 0 Å². The molecule has 1 heterocycles. The number of H-pyrrole nitrogens is 1. The Labute approximate surface area is 105 Å². The molecular weight excluding hydrogens is 234 g/mol. The Morgan fingerprint density at radius 1 is 1.17 bits per heavy atom. The molecule has 0 aromatic carbocycles. The van der Waals surface area contributed by atoms with Crippen LogP contribution in [-0.2, 0) is 4.79 Å². The van der Waals surface area contributed by atoms with Crippen LogP contribution in [0.5, 0.6) is 0 Å². The van der Waals surface area contributed by atoms with Crippen LogP contribution in [0.25, 0.3) is 0 Å². The first-order valence-electron chi connectivity index (χ1n) is 5.70. The van der Waals surface area contributed by atoms with Gasteiger partial charge in [-0.1, -0.05) is 0 Å². The second-order valence-electron chi connectivity index (χ2n) is 4.30. The highest BCUT2D eigenvalue weighted by molar-refractivity contribution is 5.97. The molecule has 0 saturated heterocycles. The summed E-state index contributed by atoms with van der Waals surface area (Å²) in [6, 6.07) is 2.05. The van der Waals surface area contributed by atoms with E-state index in [9.17, 15) is 14.4 Å². The Morgan fingerprint density at radius 2 is 1.83 bits per heavy atom. The summed E-state index contributed by atoms with van der Waals surface area (Å²) in [6.07, 6.45) is 1.31. The molecule has 6 nitrogen and oxygen atoms in total. The Bertz CT molecular complexity index is 473. The number of nitrogens with one attached hydrogen (secondary N) is 3. The van der Waals surface area contributed by atoms with Gasteiger partial charge in [-0.25, -0.2) is 0 Å². The average molecular weight is 251 g/mol. The Balaban J connectivity index is 2.62. The summed E-state index contributed by atoms with van der Waals surface area (Å²) in [4.78, 5) is 36.6. The average Bonchev–Trinajstić information content (AvgIpc) is 2.28. The van der Waals surface area contributed by atoms with Crippen molar-refractivity contribution >= 4 is 11.8 Å². The first kappa shape index (κ1) is 14.0. The molecule has 1 atom stereocenters. The first-order valence-corrected chi connectivity index (χ1v) is 5.70. The van der Waals surface area contributed by atoms with E-state index in [2.05, 4.69) is 15.6 Å². The summed E-state index contributed by atoms with van der Waals surface area (Å²) < 4.78 is 0. The van der Waals surface area contributed by atoms with Crippen molar-refractivity contribution in [3.05, 3.63) is 34.2 Å². The molecule has 0 radical (unpaired) electrons. The lowest BCUT2D eigenvalue weighted by molar-refractivity contribution is -0.123. The van der Waals surface area contributed by atoms with Crippen molar-refractivity contribution in [2.24, 2.45) is 0 Å². The molecule has 0 fully saturated rings. The summed E-state index contributed by atoms with van der Waals surface area (Å²) in [6.45, 7) is 5.28. The van der Waals surface area contributed by atoms with Crippen molar-refractivity contribution < 1.29 is 9.59 Å². The van der Waals surface area contributed by atoms with Crippen LogP contribution < -0.4 is 16.2 Å². The minimum absolute atomic E-state index is 0.0185. The minimum atomic E-state index is -0.633. The van der Waals surface area contributed by atoms with E-state index in [1.807, 2.05) is 13.8 Å². The van der Waals surface area contributed by atoms with E-state index in [0.29, 0.717) is 5.56 Å². The van der Waals surface area contributed by atoms with Gasteiger partial charge in [0.25, 0.3) is 5.91 Å². The third-order valence-corrected chi connectivity index (χ3v) is 2.22. The zero-order valence-electron chi connectivity index (χ0n) is 10.6. The van der Waals surface area contributed by atoms with Crippen LogP contribution in [0, 0.1) is 0 Å². The molecule has 3 N–H and O–H groups in total. The van der Waals surface area contributed by atoms with Gasteiger partial charge < -0.3 is 15.6 Å². The van der Waals surface area contributed by atoms with Gasteiger partial charge in [0.15, 0.2) is 0 Å². The SMILES string of the molecule is CC(C)NC(=O)C(C)NC(=O)c1ccc(=O)[nH]c1. The predicted octanol–water partition coefficient (Wildman–Crippen LogP) is 0.0178. The van der Waals surface area contributed by atoms with Gasteiger partial charge in [0.05, 0.1) is 5.56 Å². The molecule has 2 amide bonds. The zero-order chi connectivity index (χ0) is 13.7. The summed E-state index contributed by atoms with van der Waals surface area (Å²) in [5.74, 6) is -0.652. The summed E-state index contributed by atoms with van der Waals surface area (Å²) in [7, 11) is 0. The first-order chi connectivity index (χ1) is 8.40. The van der Waals surface area contributed by atoms with Crippen molar-refractivity contribution in [1.29, 1.82) is 0 Å². The number of aromatic nitrogens is 1. The standard InChI is InChI=1S/C12H17N3O3/c1-7(2)14-11(17)8(3)15-12(18)9-4-5-10(16)13-6-9/h4-8H,1-3H3,(H,13,16)(H,14,17)(H,15,18). The molecule has 98 valence electrons. The lowest BCUT2D eigenvalue weighted by Gasteiger charge is -2.15. The van der Waals surface area contributed by atoms with Crippen LogP contribution in [0.3, 0.4) is 0 Å². The highest BCUT2D eigenvalue weighted by Gasteiger charge is 2.16. The number of carbonyl (C=O) groups is 2. The molecule has 0 aliphatic rings. The lowest BCUT2D eigenvalue weighted by atomic mass is 10.2. The molecule has 0 aliphatic heterocycles. The largest absolute Gasteiger partial charge is 0.352 e. The summed E-state index contributed by atoms with van der Waals surface area (Å²) in [5, 5.41) is 5.24. The van der Waals surface area contributed by atoms with Gasteiger partial charge in [0.1, 0.15) is 6.04 Å². The number of aromatic amines is 1. The molecule has 0 saturated carbocycles. The fraction of sp³-hybridized carbons (Fsp3) is 0.417. The minimum Gasteiger partial charge on any atom is -0.352 e. The topological polar surface area (TPSA) is 91.1 Å². The number of pyridine rings is 1. The molecule has 1 rings (SSSR count). The normalized spacial score (nSPS) is 12.0. The van der Waals surface area contributed by atoms with Crippen molar-refractivity contribution in [2.75, 3.05) is 0 Å². The van der Waals surface area contributed by atoms with Crippen LogP contribution in [0.2, 0.25) is 0 Å². The van der Waals surface area contributed by atoms with Gasteiger partial charge in [-0.2, -0.15) is 0 Å². The van der Waals surface area contributed by atoms with Crippen molar-refractivity contribution in [3.8, 4) is 0 Å². The molecule has 1 aromatic rings. The van der Waals surface area contributed by atoms with Crippen molar-refractivity contribution in [2.45, 2.75) is 32.9 Å². The second kappa shape index (κ2) is 6.00. The molecule has 1 aromatic heterocycles. The van der Waals surface area contributed by atoms with E-state index >= 15 is 0 Å². The molecule has 0 aliphatic carbocycles. The lowest BCUT2D eigenvalue weighted by Crippen LogP contribution is -2.46. The van der Waals surface area contributed by atoms with E-state index in [-0.39, 0.29) is 17.5 Å². The second-order valence-corrected chi connectivity index (χ2v) is 4.30. The van der Waals surface area contributed by atoms with Crippen LogP contribution in [0.4, 0.5) is 0 Å². The van der Waals surface area contributed by atoms with Crippen molar-refractivity contribution in [3.63, 3.8) is 0 Å². The van der Waals surface area contributed by atoms with E-state index in [4.69, 9.17) is 0 Å². The fourth-order valence-corrected chi connectivity index (χ4v) is 1.31. The monoisotopic (exact) mass is 251 g/mol. The highest BCUT2D eigenvalue weighted by Crippen LogP contribution is 1.95. The maximum Gasteiger partial charge on any atom is 0.253 e. The van der Waals surface area contributed by atoms with Gasteiger partial charge in [-0.05, 0) is 26.8 Å². The molecule has 0 bridgehead atoms. The number of rotatable bonds is 4. The van der Waals surface area contributed by atoms with Crippen LogP contribution in [0.1, 0.15) is 31.1 Å². The molecule has 1 unspecified atom stereocenters. The number of hydrogen-bond acceptors (Lipinski definition) is 3. The molecule has 18 heavy (non-hydrogen) atoms. The Hall–Kier alpha value is -2.11. The van der Waals surface area contributed by atoms with E-state index in [1.54, 1.807) is 6.92 Å². The number of hydrogen-bond donors (Lipinski definition) is 3. The van der Waals surface area contributed by atoms with Gasteiger partial charge >= 0.3 is 0 Å².